The van der Waals surface area contributed by atoms with Crippen LogP contribution in [0, 0.1) is 20.8 Å². The first-order valence-electron chi connectivity index (χ1n) is 8.91. The summed E-state index contributed by atoms with van der Waals surface area (Å²) in [5.41, 5.74) is 4.59. The second-order valence-electron chi connectivity index (χ2n) is 6.83. The number of nitrogens with zero attached hydrogens (tertiary/aromatic N) is 2. The first kappa shape index (κ1) is 20.4. The van der Waals surface area contributed by atoms with Crippen LogP contribution in [-0.4, -0.2) is 34.2 Å². The van der Waals surface area contributed by atoms with Gasteiger partial charge in [0.2, 0.25) is 11.8 Å². The number of benzene rings is 2. The number of hydrogen-bond donors (Lipinski definition) is 1. The van der Waals surface area contributed by atoms with E-state index in [-0.39, 0.29) is 18.2 Å². The zero-order valence-corrected chi connectivity index (χ0v) is 17.8. The molecule has 2 amide bonds. The van der Waals surface area contributed by atoms with E-state index in [1.54, 1.807) is 25.2 Å². The summed E-state index contributed by atoms with van der Waals surface area (Å²) >= 11 is 7.41. The molecule has 0 aliphatic carbocycles. The van der Waals surface area contributed by atoms with Crippen LogP contribution in [-0.2, 0) is 9.59 Å². The zero-order chi connectivity index (χ0) is 20.4. The molecular weight excluding hydrogens is 394 g/mol. The van der Waals surface area contributed by atoms with Gasteiger partial charge in [-0.3, -0.25) is 14.5 Å². The minimum absolute atomic E-state index is 0.0751. The Balaban J connectivity index is 1.70. The molecule has 1 atom stereocenters. The number of amides is 2. The molecule has 0 aromatic heterocycles. The Labute approximate surface area is 174 Å². The standard InChI is InChI=1S/C21H22ClN3O2S/c1-12-8-9-15(10-13(12)2)23-21-25(4)20(27)18(28-21)11-19(26)24-17-7-5-6-16(22)14(17)3/h5-10,18H,11H2,1-4H3,(H,24,26). The summed E-state index contributed by atoms with van der Waals surface area (Å²) in [5.74, 6) is -0.345. The number of thioether (sulfide) groups is 1. The lowest BCUT2D eigenvalue weighted by Gasteiger charge is -2.11. The predicted octanol–water partition coefficient (Wildman–Crippen LogP) is 4.86. The third-order valence-corrected chi connectivity index (χ3v) is 6.41. The Morgan fingerprint density at radius 2 is 1.96 bits per heavy atom. The van der Waals surface area contributed by atoms with Crippen molar-refractivity contribution in [2.75, 3.05) is 12.4 Å². The van der Waals surface area contributed by atoms with E-state index < -0.39 is 5.25 Å². The fourth-order valence-corrected chi connectivity index (χ4v) is 4.14. The minimum Gasteiger partial charge on any atom is -0.326 e. The van der Waals surface area contributed by atoms with Gasteiger partial charge in [-0.2, -0.15) is 0 Å². The third kappa shape index (κ3) is 4.39. The van der Waals surface area contributed by atoms with E-state index in [1.807, 2.05) is 39.0 Å². The van der Waals surface area contributed by atoms with Crippen molar-refractivity contribution in [2.24, 2.45) is 4.99 Å². The van der Waals surface area contributed by atoms with Crippen molar-refractivity contribution in [3.8, 4) is 0 Å². The lowest BCUT2D eigenvalue weighted by Crippen LogP contribution is -2.30. The fraction of sp³-hybridized carbons (Fsp3) is 0.286. The maximum atomic E-state index is 12.6. The van der Waals surface area contributed by atoms with Gasteiger partial charge in [0.25, 0.3) is 0 Å². The molecule has 0 saturated carbocycles. The van der Waals surface area contributed by atoms with Gasteiger partial charge in [0.1, 0.15) is 5.25 Å². The van der Waals surface area contributed by atoms with Crippen molar-refractivity contribution in [3.63, 3.8) is 0 Å². The topological polar surface area (TPSA) is 61.8 Å². The summed E-state index contributed by atoms with van der Waals surface area (Å²) in [6.45, 7) is 5.92. The summed E-state index contributed by atoms with van der Waals surface area (Å²) < 4.78 is 0. The molecule has 146 valence electrons. The summed E-state index contributed by atoms with van der Waals surface area (Å²) in [6.07, 6.45) is 0.0751. The highest BCUT2D eigenvalue weighted by Gasteiger charge is 2.37. The van der Waals surface area contributed by atoms with Crippen LogP contribution in [0.4, 0.5) is 11.4 Å². The van der Waals surface area contributed by atoms with Crippen LogP contribution in [0.25, 0.3) is 0 Å². The number of halogens is 1. The SMILES string of the molecule is Cc1ccc(N=C2SC(CC(=O)Nc3cccc(Cl)c3C)C(=O)N2C)cc1C. The molecule has 2 aromatic carbocycles. The van der Waals surface area contributed by atoms with Crippen LogP contribution < -0.4 is 5.32 Å². The third-order valence-electron chi connectivity index (χ3n) is 4.77. The molecule has 1 saturated heterocycles. The fourth-order valence-electron chi connectivity index (χ4n) is 2.82. The number of anilines is 1. The van der Waals surface area contributed by atoms with E-state index in [0.29, 0.717) is 15.9 Å². The van der Waals surface area contributed by atoms with Crippen molar-refractivity contribution in [2.45, 2.75) is 32.4 Å². The monoisotopic (exact) mass is 415 g/mol. The minimum atomic E-state index is -0.491. The molecule has 1 unspecified atom stereocenters. The van der Waals surface area contributed by atoms with Crippen molar-refractivity contribution in [3.05, 3.63) is 58.1 Å². The first-order valence-corrected chi connectivity index (χ1v) is 10.2. The highest BCUT2D eigenvalue weighted by molar-refractivity contribution is 8.15. The first-order chi connectivity index (χ1) is 13.3. The van der Waals surface area contributed by atoms with Crippen molar-refractivity contribution in [1.29, 1.82) is 0 Å². The maximum Gasteiger partial charge on any atom is 0.242 e. The average Bonchev–Trinajstić information content (AvgIpc) is 2.90. The molecule has 0 spiro atoms. The molecule has 0 radical (unpaired) electrons. The van der Waals surface area contributed by atoms with Gasteiger partial charge >= 0.3 is 0 Å². The summed E-state index contributed by atoms with van der Waals surface area (Å²) in [6, 6.07) is 11.3. The number of hydrogen-bond acceptors (Lipinski definition) is 4. The quantitative estimate of drug-likeness (QED) is 0.775. The normalized spacial score (nSPS) is 18.0. The molecule has 1 heterocycles. The number of nitrogens with one attached hydrogen (secondary N) is 1. The largest absolute Gasteiger partial charge is 0.326 e. The Bertz CT molecular complexity index is 974. The van der Waals surface area contributed by atoms with Gasteiger partial charge in [-0.05, 0) is 61.7 Å². The van der Waals surface area contributed by atoms with Gasteiger partial charge in [-0.25, -0.2) is 4.99 Å². The highest BCUT2D eigenvalue weighted by Crippen LogP contribution is 2.31. The van der Waals surface area contributed by atoms with E-state index in [1.165, 1.54) is 22.2 Å². The number of aliphatic imine (C=N–C) groups is 1. The second-order valence-corrected chi connectivity index (χ2v) is 8.41. The van der Waals surface area contributed by atoms with E-state index in [2.05, 4.69) is 10.3 Å². The molecule has 5 nitrogen and oxygen atoms in total. The number of carbonyl (C=O) groups excluding carboxylic acids is 2. The number of carbonyl (C=O) groups is 2. The summed E-state index contributed by atoms with van der Waals surface area (Å²) in [5, 5.41) is 3.54. The van der Waals surface area contributed by atoms with Crippen LogP contribution in [0.3, 0.4) is 0 Å². The van der Waals surface area contributed by atoms with Crippen LogP contribution in [0.1, 0.15) is 23.1 Å². The molecule has 7 heteroatoms. The maximum absolute atomic E-state index is 12.6. The molecule has 0 bridgehead atoms. The van der Waals surface area contributed by atoms with Gasteiger partial charge in [0, 0.05) is 24.2 Å². The van der Waals surface area contributed by atoms with Gasteiger partial charge in [0.05, 0.1) is 5.69 Å². The molecule has 1 aliphatic rings. The molecule has 2 aromatic rings. The van der Waals surface area contributed by atoms with Gasteiger partial charge in [-0.1, -0.05) is 35.5 Å². The van der Waals surface area contributed by atoms with Gasteiger partial charge in [-0.15, -0.1) is 0 Å². The summed E-state index contributed by atoms with van der Waals surface area (Å²) in [7, 11) is 1.69. The molecular formula is C21H22ClN3O2S. The van der Waals surface area contributed by atoms with Crippen LogP contribution in [0.2, 0.25) is 5.02 Å². The number of rotatable bonds is 4. The Morgan fingerprint density at radius 3 is 2.68 bits per heavy atom. The van der Waals surface area contributed by atoms with Crippen molar-refractivity contribution in [1.82, 2.24) is 4.90 Å². The Hall–Kier alpha value is -2.31. The lowest BCUT2D eigenvalue weighted by atomic mass is 10.1. The van der Waals surface area contributed by atoms with E-state index >= 15 is 0 Å². The lowest BCUT2D eigenvalue weighted by molar-refractivity contribution is -0.127. The van der Waals surface area contributed by atoms with E-state index in [4.69, 9.17) is 11.6 Å². The molecule has 1 fully saturated rings. The predicted molar refractivity (Wildman–Crippen MR) is 117 cm³/mol. The number of amidine groups is 1. The average molecular weight is 416 g/mol. The van der Waals surface area contributed by atoms with Crippen LogP contribution in [0.15, 0.2) is 41.4 Å². The molecule has 28 heavy (non-hydrogen) atoms. The zero-order valence-electron chi connectivity index (χ0n) is 16.2. The van der Waals surface area contributed by atoms with Crippen molar-refractivity contribution < 1.29 is 9.59 Å². The summed E-state index contributed by atoms with van der Waals surface area (Å²) in [4.78, 5) is 31.1. The van der Waals surface area contributed by atoms with Gasteiger partial charge in [0.15, 0.2) is 5.17 Å². The van der Waals surface area contributed by atoms with E-state index in [9.17, 15) is 9.59 Å². The second kappa shape index (κ2) is 8.37. The Morgan fingerprint density at radius 1 is 1.21 bits per heavy atom. The number of aryl methyl sites for hydroxylation is 2. The highest BCUT2D eigenvalue weighted by atomic mass is 35.5. The van der Waals surface area contributed by atoms with Crippen molar-refractivity contribution >= 4 is 51.7 Å². The van der Waals surface area contributed by atoms with Gasteiger partial charge < -0.3 is 5.32 Å². The molecule has 3 rings (SSSR count). The molecule has 1 N–H and O–H groups in total. The Kier molecular flexibility index (Phi) is 6.10. The van der Waals surface area contributed by atoms with Crippen LogP contribution in [0.5, 0.6) is 0 Å². The van der Waals surface area contributed by atoms with E-state index in [0.717, 1.165) is 16.8 Å². The smallest absolute Gasteiger partial charge is 0.242 e. The van der Waals surface area contributed by atoms with Crippen LogP contribution >= 0.6 is 23.4 Å². The molecule has 1 aliphatic heterocycles.